The van der Waals surface area contributed by atoms with Gasteiger partial charge in [-0.25, -0.2) is 14.4 Å². The van der Waals surface area contributed by atoms with E-state index in [0.717, 1.165) is 64.7 Å². The van der Waals surface area contributed by atoms with Gasteiger partial charge in [-0.05, 0) is 32.2 Å². The van der Waals surface area contributed by atoms with Crippen LogP contribution >= 0.6 is 0 Å². The van der Waals surface area contributed by atoms with Crippen molar-refractivity contribution in [2.45, 2.75) is 69.9 Å². The smallest absolute Gasteiger partial charge is 0.475 e. The third-order valence-electron chi connectivity index (χ3n) is 3.85. The summed E-state index contributed by atoms with van der Waals surface area (Å²) in [5.74, 6) is -7.68. The zero-order valence-corrected chi connectivity index (χ0v) is 22.1. The van der Waals surface area contributed by atoms with Gasteiger partial charge in [0.2, 0.25) is 0 Å². The molecule has 22 heteroatoms. The lowest BCUT2D eigenvalue weighted by Crippen LogP contribution is -2.32. The Hall–Kier alpha value is -3.72. The molecule has 0 fully saturated rings. The second-order valence-electron chi connectivity index (χ2n) is 7.56. The average molecular weight is 642 g/mol. The number of alkyl halides is 9. The van der Waals surface area contributed by atoms with Crippen LogP contribution in [0.25, 0.3) is 0 Å². The number of unbranched alkanes of at least 4 members (excludes halogenated alkanes) is 6. The first kappa shape index (κ1) is 45.3. The van der Waals surface area contributed by atoms with Gasteiger partial charge in [0.25, 0.3) is 0 Å². The van der Waals surface area contributed by atoms with Gasteiger partial charge < -0.3 is 43.2 Å². The van der Waals surface area contributed by atoms with Crippen LogP contribution in [0.2, 0.25) is 0 Å². The van der Waals surface area contributed by atoms with Gasteiger partial charge in [0.1, 0.15) is 0 Å². The standard InChI is InChI=1S/C14H33N7.3C2HF3O2/c15-9-5-1-2-7-11-20-14(18)21-12-8-4-3-6-10-19-13(16)17;3*3-2(4,5)1(6)7/h1-12,15H2,(H4,16,17,19)(H3,18,20,21);3*(H,6,7). The van der Waals surface area contributed by atoms with Gasteiger partial charge in [0, 0.05) is 19.6 Å². The lowest BCUT2D eigenvalue weighted by atomic mass is 10.2. The van der Waals surface area contributed by atoms with Crippen molar-refractivity contribution < 1.29 is 69.2 Å². The van der Waals surface area contributed by atoms with Crippen molar-refractivity contribution in [3.05, 3.63) is 0 Å². The molecule has 0 aromatic carbocycles. The molecule has 0 radical (unpaired) electrons. The number of nitrogens with one attached hydrogen (secondary N) is 3. The normalized spacial score (nSPS) is 11.3. The van der Waals surface area contributed by atoms with E-state index in [1.54, 1.807) is 0 Å². The molecule has 0 unspecified atom stereocenters. The van der Waals surface area contributed by atoms with E-state index in [4.69, 9.17) is 52.3 Å². The molecule has 0 rings (SSSR count). The fraction of sp³-hybridized carbons (Fsp3) is 0.750. The molecular formula is C20H36F9N7O6. The van der Waals surface area contributed by atoms with Crippen molar-refractivity contribution in [3.63, 3.8) is 0 Å². The summed E-state index contributed by atoms with van der Waals surface area (Å²) in [5, 5.41) is 34.3. The minimum Gasteiger partial charge on any atom is -0.475 e. The van der Waals surface area contributed by atoms with E-state index in [9.17, 15) is 39.5 Å². The molecule has 250 valence electrons. The zero-order valence-electron chi connectivity index (χ0n) is 22.1. The van der Waals surface area contributed by atoms with Crippen LogP contribution in [0.3, 0.4) is 0 Å². The van der Waals surface area contributed by atoms with Crippen molar-refractivity contribution >= 4 is 29.8 Å². The Balaban J connectivity index is -0.000000279. The Bertz CT molecular complexity index is 737. The first-order chi connectivity index (χ1) is 19.0. The first-order valence-corrected chi connectivity index (χ1v) is 11.7. The second kappa shape index (κ2) is 25.0. The highest BCUT2D eigenvalue weighted by Crippen LogP contribution is 2.14. The molecule has 0 amide bonds. The number of carboxylic acids is 3. The highest BCUT2D eigenvalue weighted by molar-refractivity contribution is 5.77. The molecule has 0 aromatic rings. The number of hydrogen-bond acceptors (Lipinski definition) is 6. The van der Waals surface area contributed by atoms with Gasteiger partial charge in [0.05, 0.1) is 0 Å². The monoisotopic (exact) mass is 641 g/mol. The van der Waals surface area contributed by atoms with Crippen molar-refractivity contribution in [1.29, 1.82) is 5.41 Å². The van der Waals surface area contributed by atoms with Crippen LogP contribution in [0.1, 0.15) is 51.4 Å². The fourth-order valence-electron chi connectivity index (χ4n) is 1.91. The molecule has 0 aromatic heterocycles. The van der Waals surface area contributed by atoms with Gasteiger partial charge in [-0.2, -0.15) is 39.5 Å². The summed E-state index contributed by atoms with van der Waals surface area (Å²) in [7, 11) is 0. The number of nitrogens with two attached hydrogens (primary N) is 3. The molecule has 0 aliphatic rings. The van der Waals surface area contributed by atoms with Crippen molar-refractivity contribution in [1.82, 2.24) is 10.6 Å². The van der Waals surface area contributed by atoms with E-state index in [1.165, 1.54) is 12.8 Å². The minimum atomic E-state index is -5.08. The highest BCUT2D eigenvalue weighted by Gasteiger charge is 2.39. The summed E-state index contributed by atoms with van der Waals surface area (Å²) < 4.78 is 95.2. The third kappa shape index (κ3) is 40.8. The predicted molar refractivity (Wildman–Crippen MR) is 131 cm³/mol. The first-order valence-electron chi connectivity index (χ1n) is 11.7. The van der Waals surface area contributed by atoms with Crippen LogP contribution in [0.4, 0.5) is 39.5 Å². The molecule has 0 atom stereocenters. The molecule has 12 N–H and O–H groups in total. The molecular weight excluding hydrogens is 605 g/mol. The molecule has 13 nitrogen and oxygen atoms in total. The Labute approximate surface area is 234 Å². The summed E-state index contributed by atoms with van der Waals surface area (Å²) in [6.07, 6.45) is -6.36. The number of halogens is 9. The van der Waals surface area contributed by atoms with E-state index in [-0.39, 0.29) is 5.96 Å². The minimum absolute atomic E-state index is 0.0451. The summed E-state index contributed by atoms with van der Waals surface area (Å²) in [4.78, 5) is 31.0. The molecule has 0 spiro atoms. The van der Waals surface area contributed by atoms with E-state index in [0.29, 0.717) is 5.96 Å². The van der Waals surface area contributed by atoms with Crippen LogP contribution in [-0.4, -0.2) is 89.9 Å². The molecule has 0 aliphatic carbocycles. The largest absolute Gasteiger partial charge is 0.490 e. The highest BCUT2D eigenvalue weighted by atomic mass is 19.4. The summed E-state index contributed by atoms with van der Waals surface area (Å²) in [5.41, 5.74) is 16.4. The van der Waals surface area contributed by atoms with Crippen LogP contribution in [0, 0.1) is 5.41 Å². The van der Waals surface area contributed by atoms with E-state index in [1.807, 2.05) is 0 Å². The number of carboxylic acid groups (broad SMARTS) is 3. The number of hydrogen-bond donors (Lipinski definition) is 9. The molecule has 0 bridgehead atoms. The summed E-state index contributed by atoms with van der Waals surface area (Å²) in [6.45, 7) is 3.21. The van der Waals surface area contributed by atoms with Gasteiger partial charge in [-0.15, -0.1) is 0 Å². The Morgan fingerprint density at radius 1 is 0.619 bits per heavy atom. The molecule has 42 heavy (non-hydrogen) atoms. The Kier molecular flexibility index (Phi) is 27.0. The predicted octanol–water partition coefficient (Wildman–Crippen LogP) is 2.35. The molecule has 0 saturated carbocycles. The number of nitrogens with zero attached hydrogens (tertiary/aromatic N) is 1. The van der Waals surface area contributed by atoms with Crippen LogP contribution in [-0.2, 0) is 14.4 Å². The number of guanidine groups is 2. The maximum absolute atomic E-state index is 10.6. The quantitative estimate of drug-likeness (QED) is 0.0611. The van der Waals surface area contributed by atoms with Gasteiger partial charge >= 0.3 is 36.4 Å². The van der Waals surface area contributed by atoms with Crippen LogP contribution in [0.15, 0.2) is 4.99 Å². The van der Waals surface area contributed by atoms with Crippen LogP contribution in [0.5, 0.6) is 0 Å². The maximum Gasteiger partial charge on any atom is 0.490 e. The topological polar surface area (TPSA) is 250 Å². The lowest BCUT2D eigenvalue weighted by molar-refractivity contribution is -0.193. The van der Waals surface area contributed by atoms with E-state index < -0.39 is 36.4 Å². The van der Waals surface area contributed by atoms with Gasteiger partial charge in [0.15, 0.2) is 11.9 Å². The third-order valence-corrected chi connectivity index (χ3v) is 3.85. The SMILES string of the molecule is N=C(N)NCCCCCCNC(N)=NCCCCCCN.O=C(O)C(F)(F)F.O=C(O)C(F)(F)F.O=C(O)C(F)(F)F. The number of rotatable bonds is 13. The van der Waals surface area contributed by atoms with Crippen LogP contribution < -0.4 is 27.8 Å². The number of carbonyl (C=O) groups is 3. The number of aliphatic imine (C=N–C) groups is 1. The van der Waals surface area contributed by atoms with Crippen molar-refractivity contribution in [2.75, 3.05) is 26.2 Å². The Morgan fingerprint density at radius 2 is 0.929 bits per heavy atom. The number of aliphatic carboxylic acids is 3. The average Bonchev–Trinajstić information content (AvgIpc) is 2.82. The Morgan fingerprint density at radius 3 is 1.24 bits per heavy atom. The molecule has 0 heterocycles. The molecule has 0 saturated heterocycles. The fourth-order valence-corrected chi connectivity index (χ4v) is 1.91. The van der Waals surface area contributed by atoms with Crippen molar-refractivity contribution in [3.8, 4) is 0 Å². The second-order valence-corrected chi connectivity index (χ2v) is 7.56. The van der Waals surface area contributed by atoms with Crippen molar-refractivity contribution in [2.24, 2.45) is 22.2 Å². The zero-order chi connectivity index (χ0) is 34.0. The maximum atomic E-state index is 10.6. The van der Waals surface area contributed by atoms with E-state index in [2.05, 4.69) is 15.6 Å². The summed E-state index contributed by atoms with van der Waals surface area (Å²) >= 11 is 0. The van der Waals surface area contributed by atoms with Gasteiger partial charge in [-0.3, -0.25) is 10.4 Å². The van der Waals surface area contributed by atoms with E-state index >= 15 is 0 Å². The summed E-state index contributed by atoms with van der Waals surface area (Å²) in [6, 6.07) is 0. The molecule has 0 aliphatic heterocycles. The lowest BCUT2D eigenvalue weighted by Gasteiger charge is -2.06. The van der Waals surface area contributed by atoms with Gasteiger partial charge in [-0.1, -0.05) is 25.7 Å².